The monoisotopic (exact) mass is 380 g/mol. The Morgan fingerprint density at radius 2 is 2.13 bits per heavy atom. The Hall–Kier alpha value is -2.02. The maximum absolute atomic E-state index is 11.2. The molecule has 0 spiro atoms. The summed E-state index contributed by atoms with van der Waals surface area (Å²) < 4.78 is 14.1. The van der Waals surface area contributed by atoms with E-state index < -0.39 is 5.97 Å². The van der Waals surface area contributed by atoms with Crippen LogP contribution in [0.4, 0.5) is 0 Å². The van der Waals surface area contributed by atoms with Gasteiger partial charge in [0.25, 0.3) is 0 Å². The lowest BCUT2D eigenvalue weighted by atomic mass is 10.00. The summed E-state index contributed by atoms with van der Waals surface area (Å²) in [4.78, 5) is 11.2. The molecule has 1 aliphatic rings. The number of benzene rings is 1. The number of aryl methyl sites for hydroxylation is 1. The van der Waals surface area contributed by atoms with Gasteiger partial charge in [-0.05, 0) is 34.5 Å². The van der Waals surface area contributed by atoms with Crippen molar-refractivity contribution in [2.45, 2.75) is 19.8 Å². The second-order valence-corrected chi connectivity index (χ2v) is 6.14. The van der Waals surface area contributed by atoms with Crippen molar-refractivity contribution in [2.75, 3.05) is 13.2 Å². The molecule has 0 fully saturated rings. The van der Waals surface area contributed by atoms with Gasteiger partial charge in [0, 0.05) is 29.1 Å². The van der Waals surface area contributed by atoms with Crippen LogP contribution in [0.2, 0.25) is 0 Å². The van der Waals surface area contributed by atoms with Crippen LogP contribution < -0.4 is 9.47 Å². The molecule has 2 aromatic rings. The van der Waals surface area contributed by atoms with Crippen LogP contribution in [0.1, 0.15) is 29.4 Å². The lowest BCUT2D eigenvalue weighted by Gasteiger charge is -2.18. The Morgan fingerprint density at radius 3 is 2.78 bits per heavy atom. The minimum Gasteiger partial charge on any atom is -0.490 e. The molecule has 0 atom stereocenters. The summed E-state index contributed by atoms with van der Waals surface area (Å²) in [7, 11) is 1.73. The predicted octanol–water partition coefficient (Wildman–Crippen LogP) is 3.27. The second kappa shape index (κ2) is 6.23. The van der Waals surface area contributed by atoms with Crippen LogP contribution in [0.15, 0.2) is 16.6 Å². The summed E-state index contributed by atoms with van der Waals surface area (Å²) in [5.41, 5.74) is 2.61. The van der Waals surface area contributed by atoms with Crippen molar-refractivity contribution >= 4 is 21.9 Å². The van der Waals surface area contributed by atoms with Crippen molar-refractivity contribution in [3.05, 3.63) is 27.9 Å². The van der Waals surface area contributed by atoms with Crippen LogP contribution in [-0.2, 0) is 13.5 Å². The van der Waals surface area contributed by atoms with Crippen LogP contribution >= 0.6 is 15.9 Å². The molecule has 1 aromatic carbocycles. The summed E-state index contributed by atoms with van der Waals surface area (Å²) in [6.07, 6.45) is 1.56. The smallest absolute Gasteiger partial charge is 0.356 e. The van der Waals surface area contributed by atoms with Crippen LogP contribution in [0, 0.1) is 0 Å². The zero-order chi connectivity index (χ0) is 16.6. The van der Waals surface area contributed by atoms with Crippen molar-refractivity contribution in [3.8, 4) is 22.8 Å². The van der Waals surface area contributed by atoms with Gasteiger partial charge < -0.3 is 14.6 Å². The molecule has 23 heavy (non-hydrogen) atoms. The molecule has 0 amide bonds. The van der Waals surface area contributed by atoms with E-state index in [-0.39, 0.29) is 5.69 Å². The summed E-state index contributed by atoms with van der Waals surface area (Å²) in [6.45, 7) is 3.26. The molecule has 7 heteroatoms. The topological polar surface area (TPSA) is 73.6 Å². The van der Waals surface area contributed by atoms with E-state index in [4.69, 9.17) is 14.6 Å². The molecule has 1 aromatic heterocycles. The molecule has 0 unspecified atom stereocenters. The number of hydrogen-bond donors (Lipinski definition) is 1. The summed E-state index contributed by atoms with van der Waals surface area (Å²) >= 11 is 3.59. The molecule has 0 bridgehead atoms. The Bertz CT molecular complexity index is 770. The van der Waals surface area contributed by atoms with Gasteiger partial charge in [-0.3, -0.25) is 4.68 Å². The molecule has 0 radical (unpaired) electrons. The number of halogens is 1. The third-order valence-corrected chi connectivity index (χ3v) is 4.42. The van der Waals surface area contributed by atoms with Gasteiger partial charge in [-0.2, -0.15) is 5.10 Å². The molecular formula is C16H17BrN2O4. The first kappa shape index (κ1) is 15.9. The van der Waals surface area contributed by atoms with Gasteiger partial charge in [-0.25, -0.2) is 4.79 Å². The largest absolute Gasteiger partial charge is 0.490 e. The van der Waals surface area contributed by atoms with Gasteiger partial charge in [0.15, 0.2) is 17.2 Å². The summed E-state index contributed by atoms with van der Waals surface area (Å²) in [5.74, 6) is 0.409. The maximum Gasteiger partial charge on any atom is 0.356 e. The Morgan fingerprint density at radius 1 is 1.39 bits per heavy atom. The van der Waals surface area contributed by atoms with Gasteiger partial charge in [0.2, 0.25) is 0 Å². The molecular weight excluding hydrogens is 364 g/mol. The highest BCUT2D eigenvalue weighted by Crippen LogP contribution is 2.44. The number of carbonyl (C=O) groups is 1. The zero-order valence-corrected chi connectivity index (χ0v) is 14.5. The number of fused-ring (bicyclic) bond motifs is 1. The van der Waals surface area contributed by atoms with E-state index in [9.17, 15) is 4.79 Å². The number of carboxylic acids is 1. The van der Waals surface area contributed by atoms with Gasteiger partial charge >= 0.3 is 5.97 Å². The van der Waals surface area contributed by atoms with E-state index in [1.807, 2.05) is 13.0 Å². The molecule has 1 aliphatic heterocycles. The molecule has 0 saturated carbocycles. The van der Waals surface area contributed by atoms with E-state index in [1.165, 1.54) is 0 Å². The predicted molar refractivity (Wildman–Crippen MR) is 88.3 cm³/mol. The van der Waals surface area contributed by atoms with E-state index in [2.05, 4.69) is 21.0 Å². The van der Waals surface area contributed by atoms with Crippen molar-refractivity contribution in [1.82, 2.24) is 9.78 Å². The van der Waals surface area contributed by atoms with Gasteiger partial charge in [0.05, 0.1) is 18.9 Å². The maximum atomic E-state index is 11.2. The first-order chi connectivity index (χ1) is 11.0. The number of ether oxygens (including phenoxy) is 2. The Kier molecular flexibility index (Phi) is 4.30. The fourth-order valence-electron chi connectivity index (χ4n) is 2.76. The highest BCUT2D eigenvalue weighted by molar-refractivity contribution is 9.10. The average Bonchev–Trinajstić information content (AvgIpc) is 2.74. The lowest BCUT2D eigenvalue weighted by Crippen LogP contribution is -2.03. The van der Waals surface area contributed by atoms with E-state index in [0.29, 0.717) is 13.2 Å². The molecule has 122 valence electrons. The molecule has 0 saturated heterocycles. The Balaban J connectivity index is 2.23. The summed E-state index contributed by atoms with van der Waals surface area (Å²) in [5, 5.41) is 13.2. The van der Waals surface area contributed by atoms with Crippen molar-refractivity contribution in [2.24, 2.45) is 7.05 Å². The molecule has 2 heterocycles. The third kappa shape index (κ3) is 2.81. The van der Waals surface area contributed by atoms with Crippen LogP contribution in [-0.4, -0.2) is 34.1 Å². The van der Waals surface area contributed by atoms with Crippen LogP contribution in [0.5, 0.6) is 11.5 Å². The van der Waals surface area contributed by atoms with Gasteiger partial charge in [-0.15, -0.1) is 0 Å². The molecule has 1 N–H and O–H groups in total. The van der Waals surface area contributed by atoms with Crippen LogP contribution in [0.3, 0.4) is 0 Å². The molecule has 6 nitrogen and oxygen atoms in total. The number of hydrogen-bond acceptors (Lipinski definition) is 4. The SMILES string of the molecule is CCc1c2c(cc(Br)c1-c1cc(C(=O)O)nn1C)OCCCO2. The van der Waals surface area contributed by atoms with Gasteiger partial charge in [0.1, 0.15) is 0 Å². The van der Waals surface area contributed by atoms with Crippen molar-refractivity contribution in [1.29, 1.82) is 0 Å². The lowest BCUT2D eigenvalue weighted by molar-refractivity contribution is 0.0689. The minimum absolute atomic E-state index is 0.0172. The fraction of sp³-hybridized carbons (Fsp3) is 0.375. The normalized spacial score (nSPS) is 13.7. The Labute approximate surface area is 142 Å². The standard InChI is InChI=1S/C16H17BrN2O4/c1-3-9-14(12-8-11(16(20)21)18-19(12)2)10(17)7-13-15(9)23-6-4-5-22-13/h7-8H,3-6H2,1-2H3,(H,20,21). The minimum atomic E-state index is -1.05. The quantitative estimate of drug-likeness (QED) is 0.884. The number of aromatic carboxylic acids is 1. The van der Waals surface area contributed by atoms with E-state index >= 15 is 0 Å². The van der Waals surface area contributed by atoms with Gasteiger partial charge in [-0.1, -0.05) is 6.92 Å². The van der Waals surface area contributed by atoms with E-state index in [1.54, 1.807) is 17.8 Å². The first-order valence-corrected chi connectivity index (χ1v) is 8.21. The number of carboxylic acid groups (broad SMARTS) is 1. The molecule has 0 aliphatic carbocycles. The first-order valence-electron chi connectivity index (χ1n) is 7.41. The fourth-order valence-corrected chi connectivity index (χ4v) is 3.41. The van der Waals surface area contributed by atoms with Crippen molar-refractivity contribution < 1.29 is 19.4 Å². The highest BCUT2D eigenvalue weighted by Gasteiger charge is 2.24. The third-order valence-electron chi connectivity index (χ3n) is 3.80. The zero-order valence-electron chi connectivity index (χ0n) is 12.9. The average molecular weight is 381 g/mol. The number of nitrogens with zero attached hydrogens (tertiary/aromatic N) is 2. The van der Waals surface area contributed by atoms with E-state index in [0.717, 1.165) is 45.6 Å². The van der Waals surface area contributed by atoms with Crippen molar-refractivity contribution in [3.63, 3.8) is 0 Å². The molecule has 3 rings (SSSR count). The van der Waals surface area contributed by atoms with Crippen LogP contribution in [0.25, 0.3) is 11.3 Å². The number of rotatable bonds is 3. The number of aromatic nitrogens is 2. The summed E-state index contributed by atoms with van der Waals surface area (Å²) in [6, 6.07) is 3.45. The highest BCUT2D eigenvalue weighted by atomic mass is 79.9. The second-order valence-electron chi connectivity index (χ2n) is 5.29.